The van der Waals surface area contributed by atoms with Gasteiger partial charge in [0.2, 0.25) is 0 Å². The number of nitrogens with zero attached hydrogens (tertiary/aromatic N) is 4. The highest BCUT2D eigenvalue weighted by molar-refractivity contribution is 5.80. The third-order valence-electron chi connectivity index (χ3n) is 5.60. The average Bonchev–Trinajstić information content (AvgIpc) is 3.28. The molecule has 1 N–H and O–H groups in total. The van der Waals surface area contributed by atoms with Gasteiger partial charge in [0.05, 0.1) is 32.6 Å². The summed E-state index contributed by atoms with van der Waals surface area (Å²) in [6.45, 7) is 4.07. The topological polar surface area (TPSA) is 63.9 Å². The molecule has 1 fully saturated rings. The van der Waals surface area contributed by atoms with Gasteiger partial charge in [0, 0.05) is 38.9 Å². The number of rotatable bonds is 7. The van der Waals surface area contributed by atoms with Gasteiger partial charge >= 0.3 is 0 Å². The third kappa shape index (κ3) is 5.75. The first-order valence-corrected chi connectivity index (χ1v) is 11.0. The second-order valence-electron chi connectivity index (χ2n) is 7.90. The molecule has 32 heavy (non-hydrogen) atoms. The molecule has 1 aromatic heterocycles. The molecule has 0 radical (unpaired) electrons. The molecule has 168 valence electrons. The van der Waals surface area contributed by atoms with Gasteiger partial charge in [-0.15, -0.1) is 0 Å². The Kier molecular flexibility index (Phi) is 7.53. The van der Waals surface area contributed by atoms with Crippen LogP contribution in [0.2, 0.25) is 0 Å². The maximum Gasteiger partial charge on any atom is 0.194 e. The predicted molar refractivity (Wildman–Crippen MR) is 125 cm³/mol. The number of ether oxygens (including phenoxy) is 2. The maximum absolute atomic E-state index is 5.97. The molecule has 2 heterocycles. The zero-order chi connectivity index (χ0) is 22.2. The molecular weight excluding hydrogens is 402 g/mol. The number of aliphatic imine (C=N–C) groups is 1. The van der Waals surface area contributed by atoms with Gasteiger partial charge in [-0.05, 0) is 16.7 Å². The Balaban J connectivity index is 1.34. The molecule has 7 heteroatoms. The van der Waals surface area contributed by atoms with E-state index in [1.54, 1.807) is 0 Å². The largest absolute Gasteiger partial charge is 0.372 e. The first kappa shape index (κ1) is 22.0. The molecule has 2 aromatic carbocycles. The van der Waals surface area contributed by atoms with Crippen molar-refractivity contribution < 1.29 is 9.47 Å². The van der Waals surface area contributed by atoms with E-state index in [0.717, 1.165) is 24.6 Å². The maximum atomic E-state index is 5.97. The summed E-state index contributed by atoms with van der Waals surface area (Å²) in [7, 11) is 3.75. The molecule has 0 amide bonds. The normalized spacial score (nSPS) is 16.9. The zero-order valence-electron chi connectivity index (χ0n) is 18.8. The van der Waals surface area contributed by atoms with Crippen LogP contribution in [0.1, 0.15) is 28.4 Å². The van der Waals surface area contributed by atoms with Crippen molar-refractivity contribution in [2.24, 2.45) is 12.0 Å². The van der Waals surface area contributed by atoms with E-state index >= 15 is 0 Å². The lowest BCUT2D eigenvalue weighted by Crippen LogP contribution is -2.48. The summed E-state index contributed by atoms with van der Waals surface area (Å²) in [5.74, 6) is 0.877. The van der Waals surface area contributed by atoms with Crippen molar-refractivity contribution in [2.45, 2.75) is 25.9 Å². The van der Waals surface area contributed by atoms with Crippen LogP contribution in [-0.2, 0) is 36.3 Å². The molecule has 4 rings (SSSR count). The van der Waals surface area contributed by atoms with Crippen LogP contribution in [0, 0.1) is 0 Å². The minimum atomic E-state index is -0.00493. The van der Waals surface area contributed by atoms with Crippen LogP contribution in [0.4, 0.5) is 0 Å². The second-order valence-corrected chi connectivity index (χ2v) is 7.90. The Morgan fingerprint density at radius 3 is 2.66 bits per heavy atom. The lowest BCUT2D eigenvalue weighted by molar-refractivity contribution is -0.00805. The minimum Gasteiger partial charge on any atom is -0.372 e. The molecular formula is C25H31N5O2. The number of nitrogens with one attached hydrogen (secondary N) is 1. The number of guanidine groups is 1. The molecule has 1 saturated heterocycles. The van der Waals surface area contributed by atoms with Crippen LogP contribution in [-0.4, -0.2) is 47.4 Å². The van der Waals surface area contributed by atoms with Crippen LogP contribution >= 0.6 is 0 Å². The van der Waals surface area contributed by atoms with Gasteiger partial charge in [-0.25, -0.2) is 0 Å². The van der Waals surface area contributed by atoms with Crippen molar-refractivity contribution in [1.82, 2.24) is 20.0 Å². The third-order valence-corrected chi connectivity index (χ3v) is 5.60. The fourth-order valence-electron chi connectivity index (χ4n) is 3.88. The van der Waals surface area contributed by atoms with Crippen LogP contribution in [0.5, 0.6) is 0 Å². The summed E-state index contributed by atoms with van der Waals surface area (Å²) in [5.41, 5.74) is 4.66. The molecule has 0 spiro atoms. The molecule has 0 aliphatic carbocycles. The first-order chi connectivity index (χ1) is 15.7. The summed E-state index contributed by atoms with van der Waals surface area (Å²) >= 11 is 0. The monoisotopic (exact) mass is 433 g/mol. The van der Waals surface area contributed by atoms with Gasteiger partial charge in [0.25, 0.3) is 0 Å². The van der Waals surface area contributed by atoms with Crippen molar-refractivity contribution in [3.05, 3.63) is 89.2 Å². The van der Waals surface area contributed by atoms with Crippen LogP contribution in [0.25, 0.3) is 0 Å². The Hall–Kier alpha value is -3.16. The summed E-state index contributed by atoms with van der Waals surface area (Å²) in [6, 6.07) is 18.6. The van der Waals surface area contributed by atoms with Gasteiger partial charge in [0.1, 0.15) is 6.10 Å². The van der Waals surface area contributed by atoms with Gasteiger partial charge in [0.15, 0.2) is 5.96 Å². The number of morpholine rings is 1. The fraction of sp³-hybridized carbons (Fsp3) is 0.360. The Bertz CT molecular complexity index is 1020. The predicted octanol–water partition coefficient (Wildman–Crippen LogP) is 3.29. The number of aromatic nitrogens is 2. The van der Waals surface area contributed by atoms with E-state index in [4.69, 9.17) is 9.47 Å². The molecule has 3 aromatic rings. The smallest absolute Gasteiger partial charge is 0.194 e. The summed E-state index contributed by atoms with van der Waals surface area (Å²) in [6.07, 6.45) is 3.88. The number of aryl methyl sites for hydroxylation is 1. The summed E-state index contributed by atoms with van der Waals surface area (Å²) in [4.78, 5) is 6.76. The molecule has 1 unspecified atom stereocenters. The Morgan fingerprint density at radius 2 is 1.91 bits per heavy atom. The molecule has 1 aliphatic rings. The zero-order valence-corrected chi connectivity index (χ0v) is 18.8. The Labute approximate surface area is 189 Å². The van der Waals surface area contributed by atoms with E-state index in [1.807, 2.05) is 49.4 Å². The minimum absolute atomic E-state index is 0.00493. The highest BCUT2D eigenvalue weighted by Gasteiger charge is 2.25. The molecule has 7 nitrogen and oxygen atoms in total. The van der Waals surface area contributed by atoms with Gasteiger partial charge in [-0.2, -0.15) is 5.10 Å². The van der Waals surface area contributed by atoms with E-state index in [-0.39, 0.29) is 6.10 Å². The molecule has 1 aliphatic heterocycles. The van der Waals surface area contributed by atoms with Crippen molar-refractivity contribution in [3.63, 3.8) is 0 Å². The Morgan fingerprint density at radius 1 is 1.12 bits per heavy atom. The molecule has 0 saturated carbocycles. The van der Waals surface area contributed by atoms with Crippen LogP contribution in [0.3, 0.4) is 0 Å². The lowest BCUT2D eigenvalue weighted by Gasteiger charge is -2.34. The average molecular weight is 434 g/mol. The van der Waals surface area contributed by atoms with Crippen molar-refractivity contribution in [1.29, 1.82) is 0 Å². The van der Waals surface area contributed by atoms with Crippen molar-refractivity contribution in [2.75, 3.05) is 26.7 Å². The fourth-order valence-corrected chi connectivity index (χ4v) is 3.88. The van der Waals surface area contributed by atoms with E-state index in [1.165, 1.54) is 16.7 Å². The molecule has 0 bridgehead atoms. The van der Waals surface area contributed by atoms with Crippen molar-refractivity contribution >= 4 is 5.96 Å². The van der Waals surface area contributed by atoms with E-state index in [0.29, 0.717) is 26.4 Å². The van der Waals surface area contributed by atoms with Crippen LogP contribution < -0.4 is 5.32 Å². The quantitative estimate of drug-likeness (QED) is 0.458. The van der Waals surface area contributed by atoms with Gasteiger partial charge in [-0.3, -0.25) is 9.67 Å². The SMILES string of the molecule is CN=C(NCc1ccccc1COCc1ccccc1)N1CCOC(c2cnn(C)c2)C1. The first-order valence-electron chi connectivity index (χ1n) is 11.0. The van der Waals surface area contributed by atoms with Gasteiger partial charge in [-0.1, -0.05) is 54.6 Å². The highest BCUT2D eigenvalue weighted by atomic mass is 16.5. The summed E-state index contributed by atoms with van der Waals surface area (Å²) in [5, 5.41) is 7.80. The molecule has 1 atom stereocenters. The highest BCUT2D eigenvalue weighted by Crippen LogP contribution is 2.21. The van der Waals surface area contributed by atoms with Crippen molar-refractivity contribution in [3.8, 4) is 0 Å². The summed E-state index contributed by atoms with van der Waals surface area (Å²) < 4.78 is 13.7. The lowest BCUT2D eigenvalue weighted by atomic mass is 10.1. The van der Waals surface area contributed by atoms with Gasteiger partial charge < -0.3 is 19.7 Å². The number of hydrogen-bond donors (Lipinski definition) is 1. The van der Waals surface area contributed by atoms with E-state index in [9.17, 15) is 0 Å². The second kappa shape index (κ2) is 10.9. The standard InChI is InChI=1S/C25H31N5O2/c1-26-25(30-12-13-32-24(17-30)23-15-28-29(2)16-23)27-14-21-10-6-7-11-22(21)19-31-18-20-8-4-3-5-9-20/h3-11,15-16,24H,12-14,17-19H2,1-2H3,(H,26,27). The van der Waals surface area contributed by atoms with E-state index in [2.05, 4.69) is 56.7 Å². The van der Waals surface area contributed by atoms with Crippen LogP contribution in [0.15, 0.2) is 72.0 Å². The number of benzene rings is 2. The van der Waals surface area contributed by atoms with E-state index < -0.39 is 0 Å². The number of hydrogen-bond acceptors (Lipinski definition) is 4.